The summed E-state index contributed by atoms with van der Waals surface area (Å²) in [5, 5.41) is 10.4. The van der Waals surface area contributed by atoms with Gasteiger partial charge in [0.05, 0.1) is 9.88 Å². The summed E-state index contributed by atoms with van der Waals surface area (Å²) in [4.78, 5) is 11.1. The molecular weight excluding hydrogens is 314 g/mol. The standard InChI is InChI=1S/C14H12ClNO2S2/c1-8-12(7-10-3-5-11(15)6-4-10)20-14(19)16(8)9(2)13(17)18/h3-7,9H,1H2,2H3,(H,17,18)/b12-7-. The molecule has 0 aliphatic rings. The third-order valence-corrected chi connectivity index (χ3v) is 4.53. The van der Waals surface area contributed by atoms with Gasteiger partial charge in [0.25, 0.3) is 0 Å². The molecule has 0 bridgehead atoms. The van der Waals surface area contributed by atoms with E-state index in [0.717, 1.165) is 10.1 Å². The zero-order chi connectivity index (χ0) is 14.9. The highest BCUT2D eigenvalue weighted by Crippen LogP contribution is 2.10. The number of carboxylic acids is 1. The van der Waals surface area contributed by atoms with Gasteiger partial charge in [0, 0.05) is 5.02 Å². The second-order valence-corrected chi connectivity index (χ2v) is 6.37. The summed E-state index contributed by atoms with van der Waals surface area (Å²) < 4.78 is 2.92. The summed E-state index contributed by atoms with van der Waals surface area (Å²) in [5.74, 6) is -0.929. The van der Waals surface area contributed by atoms with Crippen molar-refractivity contribution >= 4 is 53.8 Å². The van der Waals surface area contributed by atoms with Crippen molar-refractivity contribution in [2.75, 3.05) is 0 Å². The van der Waals surface area contributed by atoms with Crippen molar-refractivity contribution in [3.63, 3.8) is 0 Å². The number of rotatable bonds is 3. The molecule has 1 aromatic heterocycles. The van der Waals surface area contributed by atoms with E-state index in [0.29, 0.717) is 14.3 Å². The van der Waals surface area contributed by atoms with E-state index >= 15 is 0 Å². The van der Waals surface area contributed by atoms with Gasteiger partial charge in [0.2, 0.25) is 0 Å². The Balaban J connectivity index is 2.58. The van der Waals surface area contributed by atoms with Gasteiger partial charge in [0.1, 0.15) is 6.04 Å². The number of hydrogen-bond acceptors (Lipinski definition) is 3. The summed E-state index contributed by atoms with van der Waals surface area (Å²) in [6, 6.07) is 6.64. The maximum atomic E-state index is 11.1. The Morgan fingerprint density at radius 3 is 2.65 bits per heavy atom. The van der Waals surface area contributed by atoms with Crippen LogP contribution in [0.5, 0.6) is 0 Å². The van der Waals surface area contributed by atoms with Crippen LogP contribution in [0.25, 0.3) is 12.7 Å². The van der Waals surface area contributed by atoms with E-state index in [4.69, 9.17) is 28.9 Å². The van der Waals surface area contributed by atoms with Gasteiger partial charge in [-0.2, -0.15) is 0 Å². The van der Waals surface area contributed by atoms with E-state index < -0.39 is 12.0 Å². The topological polar surface area (TPSA) is 42.2 Å². The van der Waals surface area contributed by atoms with E-state index in [2.05, 4.69) is 6.58 Å². The summed E-state index contributed by atoms with van der Waals surface area (Å²) in [6.07, 6.45) is 1.92. The van der Waals surface area contributed by atoms with Gasteiger partial charge < -0.3 is 9.67 Å². The number of hydrogen-bond donors (Lipinski definition) is 1. The molecule has 0 amide bonds. The predicted octanol–water partition coefficient (Wildman–Crippen LogP) is 2.82. The molecule has 1 atom stereocenters. The normalized spacial score (nSPS) is 13.4. The molecule has 0 saturated carbocycles. The van der Waals surface area contributed by atoms with Crippen LogP contribution in [-0.4, -0.2) is 15.6 Å². The number of benzene rings is 1. The van der Waals surface area contributed by atoms with Crippen LogP contribution in [0.2, 0.25) is 5.02 Å². The monoisotopic (exact) mass is 325 g/mol. The van der Waals surface area contributed by atoms with E-state index in [1.54, 1.807) is 23.6 Å². The first-order chi connectivity index (χ1) is 9.40. The lowest BCUT2D eigenvalue weighted by molar-refractivity contribution is -0.140. The average molecular weight is 326 g/mol. The van der Waals surface area contributed by atoms with Crippen molar-refractivity contribution < 1.29 is 9.90 Å². The lowest BCUT2D eigenvalue weighted by atomic mass is 10.2. The number of aliphatic carboxylic acids is 1. The minimum absolute atomic E-state index is 0.505. The maximum absolute atomic E-state index is 11.1. The van der Waals surface area contributed by atoms with Crippen molar-refractivity contribution in [2.45, 2.75) is 13.0 Å². The highest BCUT2D eigenvalue weighted by atomic mass is 35.5. The molecule has 0 saturated heterocycles. The molecule has 1 heterocycles. The van der Waals surface area contributed by atoms with Crippen LogP contribution in [-0.2, 0) is 4.79 Å². The third-order valence-electron chi connectivity index (χ3n) is 2.88. The number of thiazole rings is 1. The van der Waals surface area contributed by atoms with Gasteiger partial charge in [-0.15, -0.1) is 11.3 Å². The number of halogens is 1. The predicted molar refractivity (Wildman–Crippen MR) is 85.3 cm³/mol. The highest BCUT2D eigenvalue weighted by molar-refractivity contribution is 7.73. The highest BCUT2D eigenvalue weighted by Gasteiger charge is 2.15. The molecule has 6 heteroatoms. The van der Waals surface area contributed by atoms with Crippen molar-refractivity contribution in [3.05, 3.63) is 48.7 Å². The summed E-state index contributed by atoms with van der Waals surface area (Å²) in [7, 11) is 0. The van der Waals surface area contributed by atoms with E-state index in [1.807, 2.05) is 18.2 Å². The SMILES string of the molecule is C=c1/c(=C/c2ccc(Cl)cc2)sc(=S)n1C(C)C(=O)O. The molecule has 104 valence electrons. The van der Waals surface area contributed by atoms with Crippen molar-refractivity contribution in [1.29, 1.82) is 0 Å². The largest absolute Gasteiger partial charge is 0.480 e. The number of aromatic nitrogens is 1. The van der Waals surface area contributed by atoms with Gasteiger partial charge in [0.15, 0.2) is 3.95 Å². The van der Waals surface area contributed by atoms with Crippen LogP contribution >= 0.6 is 35.2 Å². The second kappa shape index (κ2) is 5.91. The quantitative estimate of drug-likeness (QED) is 0.882. The second-order valence-electron chi connectivity index (χ2n) is 4.26. The number of carboxylic acid groups (broad SMARTS) is 1. The summed E-state index contributed by atoms with van der Waals surface area (Å²) in [6.45, 7) is 5.53. The van der Waals surface area contributed by atoms with Crippen LogP contribution in [0.15, 0.2) is 24.3 Å². The van der Waals surface area contributed by atoms with Crippen molar-refractivity contribution in [3.8, 4) is 0 Å². The van der Waals surface area contributed by atoms with Gasteiger partial charge in [-0.3, -0.25) is 0 Å². The lowest BCUT2D eigenvalue weighted by Crippen LogP contribution is -2.32. The van der Waals surface area contributed by atoms with Crippen molar-refractivity contribution in [2.24, 2.45) is 0 Å². The molecule has 0 radical (unpaired) electrons. The smallest absolute Gasteiger partial charge is 0.326 e. The third kappa shape index (κ3) is 3.00. The maximum Gasteiger partial charge on any atom is 0.326 e. The minimum Gasteiger partial charge on any atom is -0.480 e. The Morgan fingerprint density at radius 2 is 2.10 bits per heavy atom. The van der Waals surface area contributed by atoms with Gasteiger partial charge >= 0.3 is 5.97 Å². The first-order valence-corrected chi connectivity index (χ1v) is 7.41. The Labute approximate surface area is 130 Å². The molecule has 0 fully saturated rings. The van der Waals surface area contributed by atoms with Crippen LogP contribution in [0.4, 0.5) is 0 Å². The zero-order valence-corrected chi connectivity index (χ0v) is 13.1. The Kier molecular flexibility index (Phi) is 4.42. The molecule has 2 aromatic rings. The molecule has 0 spiro atoms. The molecular formula is C14H12ClNO2S2. The van der Waals surface area contributed by atoms with Crippen LogP contribution < -0.4 is 9.88 Å². The zero-order valence-electron chi connectivity index (χ0n) is 10.7. The van der Waals surface area contributed by atoms with Gasteiger partial charge in [-0.1, -0.05) is 30.3 Å². The first-order valence-electron chi connectivity index (χ1n) is 5.80. The Morgan fingerprint density at radius 1 is 1.50 bits per heavy atom. The molecule has 1 unspecified atom stereocenters. The number of nitrogens with zero attached hydrogens (tertiary/aromatic N) is 1. The molecule has 0 aliphatic heterocycles. The molecule has 1 aromatic carbocycles. The van der Waals surface area contributed by atoms with E-state index in [9.17, 15) is 4.79 Å². The fraction of sp³-hybridized carbons (Fsp3) is 0.143. The van der Waals surface area contributed by atoms with Crippen LogP contribution in [0, 0.1) is 3.95 Å². The van der Waals surface area contributed by atoms with Gasteiger partial charge in [-0.25, -0.2) is 4.79 Å². The van der Waals surface area contributed by atoms with Crippen LogP contribution in [0.3, 0.4) is 0 Å². The Hall–Kier alpha value is -1.43. The summed E-state index contributed by atoms with van der Waals surface area (Å²) in [5.41, 5.74) is 0.964. The van der Waals surface area contributed by atoms with Crippen molar-refractivity contribution in [1.82, 2.24) is 4.57 Å². The molecule has 0 aliphatic carbocycles. The molecule has 3 nitrogen and oxygen atoms in total. The molecule has 20 heavy (non-hydrogen) atoms. The lowest BCUT2D eigenvalue weighted by Gasteiger charge is -2.07. The van der Waals surface area contributed by atoms with Gasteiger partial charge in [-0.05, 0) is 42.9 Å². The van der Waals surface area contributed by atoms with Crippen LogP contribution in [0.1, 0.15) is 18.5 Å². The van der Waals surface area contributed by atoms with E-state index in [-0.39, 0.29) is 0 Å². The van der Waals surface area contributed by atoms with E-state index in [1.165, 1.54) is 11.3 Å². The fourth-order valence-corrected chi connectivity index (χ4v) is 3.39. The fourth-order valence-electron chi connectivity index (χ4n) is 1.76. The number of carbonyl (C=O) groups is 1. The Bertz CT molecular complexity index is 805. The molecule has 2 rings (SSSR count). The minimum atomic E-state index is -0.929. The molecule has 1 N–H and O–H groups in total. The average Bonchev–Trinajstić information content (AvgIpc) is 2.66. The first kappa shape index (κ1) is 15.0. The summed E-state index contributed by atoms with van der Waals surface area (Å²) >= 11 is 12.4.